The van der Waals surface area contributed by atoms with Gasteiger partial charge in [0, 0.05) is 26.2 Å². The molecule has 0 aliphatic carbocycles. The highest BCUT2D eigenvalue weighted by Crippen LogP contribution is 2.03. The summed E-state index contributed by atoms with van der Waals surface area (Å²) in [4.78, 5) is 10.6. The molecule has 0 bridgehead atoms. The summed E-state index contributed by atoms with van der Waals surface area (Å²) in [6, 6.07) is 6.81. The van der Waals surface area contributed by atoms with E-state index in [0.717, 1.165) is 18.7 Å². The van der Waals surface area contributed by atoms with Gasteiger partial charge in [0.05, 0.1) is 12.2 Å². The lowest BCUT2D eigenvalue weighted by molar-refractivity contribution is 0.0697. The van der Waals surface area contributed by atoms with Gasteiger partial charge in [-0.15, -0.1) is 24.8 Å². The zero-order valence-corrected chi connectivity index (χ0v) is 12.1. The molecule has 1 aromatic rings. The minimum absolute atomic E-state index is 0. The van der Waals surface area contributed by atoms with Gasteiger partial charge in [0.1, 0.15) is 0 Å². The highest BCUT2D eigenvalue weighted by atomic mass is 35.5. The van der Waals surface area contributed by atoms with Crippen molar-refractivity contribution in [3.63, 3.8) is 0 Å². The van der Waals surface area contributed by atoms with Crippen LogP contribution in [0.3, 0.4) is 0 Å². The van der Waals surface area contributed by atoms with Crippen LogP contribution in [0.4, 0.5) is 0 Å². The summed E-state index contributed by atoms with van der Waals surface area (Å²) in [6.07, 6.45) is 0. The highest BCUT2D eigenvalue weighted by Gasteiger charge is 2.00. The van der Waals surface area contributed by atoms with E-state index in [9.17, 15) is 4.79 Å². The third-order valence-electron chi connectivity index (χ3n) is 2.30. The summed E-state index contributed by atoms with van der Waals surface area (Å²) in [6.45, 7) is 3.07. The van der Waals surface area contributed by atoms with Gasteiger partial charge in [-0.25, -0.2) is 4.79 Å². The molecule has 0 fully saturated rings. The summed E-state index contributed by atoms with van der Waals surface area (Å²) in [5.41, 5.74) is 1.36. The molecule has 0 aliphatic rings. The van der Waals surface area contributed by atoms with E-state index in [1.807, 2.05) is 0 Å². The monoisotopic (exact) mass is 310 g/mol. The van der Waals surface area contributed by atoms with Gasteiger partial charge in [-0.1, -0.05) is 12.1 Å². The van der Waals surface area contributed by atoms with E-state index in [1.165, 1.54) is 0 Å². The highest BCUT2D eigenvalue weighted by molar-refractivity contribution is 5.87. The number of aromatic carboxylic acids is 1. The number of halogens is 2. The number of benzene rings is 1. The molecule has 0 aliphatic heterocycles. The van der Waals surface area contributed by atoms with Crippen LogP contribution < -0.4 is 10.6 Å². The van der Waals surface area contributed by atoms with Crippen LogP contribution in [-0.4, -0.2) is 42.4 Å². The summed E-state index contributed by atoms with van der Waals surface area (Å²) >= 11 is 0. The Labute approximate surface area is 125 Å². The first kappa shape index (κ1) is 20.5. The Morgan fingerprint density at radius 1 is 1.00 bits per heavy atom. The fraction of sp³-hybridized carbons (Fsp3) is 0.417. The number of hydrogen-bond donors (Lipinski definition) is 4. The van der Waals surface area contributed by atoms with E-state index >= 15 is 0 Å². The predicted molar refractivity (Wildman–Crippen MR) is 79.6 cm³/mol. The first-order valence-electron chi connectivity index (χ1n) is 5.58. The van der Waals surface area contributed by atoms with Gasteiger partial charge >= 0.3 is 5.97 Å². The van der Waals surface area contributed by atoms with Crippen LogP contribution in [0.2, 0.25) is 0 Å². The number of nitrogens with one attached hydrogen (secondary N) is 2. The van der Waals surface area contributed by atoms with Crippen molar-refractivity contribution in [1.29, 1.82) is 0 Å². The first-order valence-corrected chi connectivity index (χ1v) is 5.58. The standard InChI is InChI=1S/C12H18N2O3.2ClH/c15-8-7-13-5-6-14-9-10-1-3-11(4-2-10)12(16)17;;/h1-4,13-15H,5-9H2,(H,16,17);2*1H. The van der Waals surface area contributed by atoms with E-state index in [2.05, 4.69) is 10.6 Å². The topological polar surface area (TPSA) is 81.6 Å². The Morgan fingerprint density at radius 2 is 1.58 bits per heavy atom. The minimum Gasteiger partial charge on any atom is -0.478 e. The second-order valence-corrected chi connectivity index (χ2v) is 3.65. The molecule has 0 amide bonds. The quantitative estimate of drug-likeness (QED) is 0.536. The van der Waals surface area contributed by atoms with Crippen molar-refractivity contribution < 1.29 is 15.0 Å². The van der Waals surface area contributed by atoms with Crippen molar-refractivity contribution in [3.8, 4) is 0 Å². The SMILES string of the molecule is Cl.Cl.O=C(O)c1ccc(CNCCNCCO)cc1. The van der Waals surface area contributed by atoms with Crippen LogP contribution in [-0.2, 0) is 6.54 Å². The van der Waals surface area contributed by atoms with E-state index in [4.69, 9.17) is 10.2 Å². The Balaban J connectivity index is 0. The maximum Gasteiger partial charge on any atom is 0.335 e. The molecule has 0 heterocycles. The van der Waals surface area contributed by atoms with Gasteiger partial charge in [0.25, 0.3) is 0 Å². The molecule has 19 heavy (non-hydrogen) atoms. The molecule has 110 valence electrons. The lowest BCUT2D eigenvalue weighted by Gasteiger charge is -2.06. The zero-order chi connectivity index (χ0) is 12.5. The molecular weight excluding hydrogens is 291 g/mol. The van der Waals surface area contributed by atoms with Crippen LogP contribution in [0.15, 0.2) is 24.3 Å². The van der Waals surface area contributed by atoms with Crippen molar-refractivity contribution in [2.75, 3.05) is 26.2 Å². The lowest BCUT2D eigenvalue weighted by Crippen LogP contribution is -2.28. The van der Waals surface area contributed by atoms with E-state index in [0.29, 0.717) is 18.7 Å². The number of aliphatic hydroxyl groups excluding tert-OH is 1. The molecule has 1 rings (SSSR count). The van der Waals surface area contributed by atoms with Gasteiger partial charge in [0.15, 0.2) is 0 Å². The Bertz CT molecular complexity index is 347. The molecule has 0 atom stereocenters. The Morgan fingerprint density at radius 3 is 2.11 bits per heavy atom. The Hall–Kier alpha value is -0.850. The van der Waals surface area contributed by atoms with Gasteiger partial charge in [-0.3, -0.25) is 0 Å². The molecule has 0 saturated heterocycles. The number of carboxylic acid groups (broad SMARTS) is 1. The third-order valence-corrected chi connectivity index (χ3v) is 2.30. The molecular formula is C12H20Cl2N2O3. The van der Waals surface area contributed by atoms with Crippen molar-refractivity contribution in [3.05, 3.63) is 35.4 Å². The van der Waals surface area contributed by atoms with Crippen LogP contribution in [0.5, 0.6) is 0 Å². The molecule has 5 nitrogen and oxygen atoms in total. The number of carboxylic acids is 1. The maximum absolute atomic E-state index is 10.6. The average molecular weight is 311 g/mol. The number of aliphatic hydroxyl groups is 1. The third kappa shape index (κ3) is 8.80. The molecule has 0 aromatic heterocycles. The zero-order valence-electron chi connectivity index (χ0n) is 10.5. The minimum atomic E-state index is -0.905. The molecule has 7 heteroatoms. The molecule has 0 radical (unpaired) electrons. The molecule has 0 unspecified atom stereocenters. The fourth-order valence-corrected chi connectivity index (χ4v) is 1.38. The summed E-state index contributed by atoms with van der Waals surface area (Å²) < 4.78 is 0. The van der Waals surface area contributed by atoms with Gasteiger partial charge < -0.3 is 20.8 Å². The number of hydrogen-bond acceptors (Lipinski definition) is 4. The average Bonchev–Trinajstić information content (AvgIpc) is 2.34. The molecule has 1 aromatic carbocycles. The first-order chi connectivity index (χ1) is 8.24. The van der Waals surface area contributed by atoms with Gasteiger partial charge in [0.2, 0.25) is 0 Å². The summed E-state index contributed by atoms with van der Waals surface area (Å²) in [5, 5.41) is 23.5. The second kappa shape index (κ2) is 12.2. The predicted octanol–water partition coefficient (Wildman–Crippen LogP) is 0.900. The molecule has 4 N–H and O–H groups in total. The maximum atomic E-state index is 10.6. The van der Waals surface area contributed by atoms with Gasteiger partial charge in [-0.05, 0) is 17.7 Å². The normalized spacial score (nSPS) is 9.32. The largest absolute Gasteiger partial charge is 0.478 e. The van der Waals surface area contributed by atoms with Crippen LogP contribution >= 0.6 is 24.8 Å². The van der Waals surface area contributed by atoms with Crippen molar-refractivity contribution >= 4 is 30.8 Å². The number of rotatable bonds is 8. The number of carbonyl (C=O) groups is 1. The summed E-state index contributed by atoms with van der Waals surface area (Å²) in [7, 11) is 0. The molecule has 0 spiro atoms. The second-order valence-electron chi connectivity index (χ2n) is 3.65. The molecule has 0 saturated carbocycles. The van der Waals surface area contributed by atoms with Crippen molar-refractivity contribution in [2.24, 2.45) is 0 Å². The Kier molecular flexibility index (Phi) is 13.1. The van der Waals surface area contributed by atoms with Crippen molar-refractivity contribution in [1.82, 2.24) is 10.6 Å². The smallest absolute Gasteiger partial charge is 0.335 e. The van der Waals surface area contributed by atoms with Crippen LogP contribution in [0, 0.1) is 0 Å². The van der Waals surface area contributed by atoms with Crippen molar-refractivity contribution in [2.45, 2.75) is 6.54 Å². The van der Waals surface area contributed by atoms with Crippen LogP contribution in [0.1, 0.15) is 15.9 Å². The summed E-state index contributed by atoms with van der Waals surface area (Å²) in [5.74, 6) is -0.905. The van der Waals surface area contributed by atoms with E-state index in [1.54, 1.807) is 24.3 Å². The fourth-order valence-electron chi connectivity index (χ4n) is 1.38. The lowest BCUT2D eigenvalue weighted by atomic mass is 10.1. The van der Waals surface area contributed by atoms with E-state index in [-0.39, 0.29) is 31.4 Å². The van der Waals surface area contributed by atoms with Crippen LogP contribution in [0.25, 0.3) is 0 Å². The van der Waals surface area contributed by atoms with Gasteiger partial charge in [-0.2, -0.15) is 0 Å². The van der Waals surface area contributed by atoms with E-state index < -0.39 is 5.97 Å².